The van der Waals surface area contributed by atoms with Gasteiger partial charge in [-0.25, -0.2) is 18.6 Å². The minimum absolute atomic E-state index is 0.437. The molecule has 0 fully saturated rings. The van der Waals surface area contributed by atoms with Crippen molar-refractivity contribution < 1.29 is 23.4 Å². The first kappa shape index (κ1) is 11.6. The molecule has 0 aromatic carbocycles. The molecule has 0 aliphatic heterocycles. The fourth-order valence-corrected chi connectivity index (χ4v) is 1.10. The molecule has 0 radical (unpaired) electrons. The number of alkyl halides is 2. The second kappa shape index (κ2) is 4.39. The van der Waals surface area contributed by atoms with Crippen molar-refractivity contribution >= 4 is 17.6 Å². The van der Waals surface area contributed by atoms with Crippen LogP contribution >= 0.6 is 11.6 Å². The Morgan fingerprint density at radius 1 is 1.67 bits per heavy atom. The Hall–Kier alpha value is -1.43. The Labute approximate surface area is 88.4 Å². The number of aromatic nitrogens is 1. The van der Waals surface area contributed by atoms with Crippen LogP contribution in [0, 0.1) is 0 Å². The van der Waals surface area contributed by atoms with Crippen molar-refractivity contribution in [1.29, 1.82) is 0 Å². The maximum atomic E-state index is 12.3. The lowest BCUT2D eigenvalue weighted by Crippen LogP contribution is -2.04. The molecular weight excluding hydrogens is 232 g/mol. The number of pyridine rings is 1. The van der Waals surface area contributed by atoms with Crippen LogP contribution in [-0.4, -0.2) is 23.2 Å². The van der Waals surface area contributed by atoms with E-state index in [1.165, 1.54) is 0 Å². The first-order chi connectivity index (χ1) is 6.97. The number of halogens is 3. The summed E-state index contributed by atoms with van der Waals surface area (Å²) in [6.45, 7) is 0. The SMILES string of the molecule is COC(=O)c1cc(C(F)F)nc(Cl)c1O. The minimum atomic E-state index is -2.88. The van der Waals surface area contributed by atoms with Crippen LogP contribution in [-0.2, 0) is 4.74 Å². The number of methoxy groups -OCH3 is 1. The van der Waals surface area contributed by atoms with Crippen LogP contribution in [0.3, 0.4) is 0 Å². The minimum Gasteiger partial charge on any atom is -0.504 e. The molecule has 15 heavy (non-hydrogen) atoms. The van der Waals surface area contributed by atoms with Crippen LogP contribution in [0.4, 0.5) is 8.78 Å². The first-order valence-corrected chi connectivity index (χ1v) is 4.11. The Kier molecular flexibility index (Phi) is 3.41. The summed E-state index contributed by atoms with van der Waals surface area (Å²) in [5.74, 6) is -1.63. The molecule has 0 spiro atoms. The van der Waals surface area contributed by atoms with Gasteiger partial charge in [0.2, 0.25) is 0 Å². The van der Waals surface area contributed by atoms with Crippen molar-refractivity contribution in [3.63, 3.8) is 0 Å². The summed E-state index contributed by atoms with van der Waals surface area (Å²) in [6, 6.07) is 0.734. The predicted octanol–water partition coefficient (Wildman–Crippen LogP) is 2.16. The van der Waals surface area contributed by atoms with Crippen molar-refractivity contribution in [3.05, 3.63) is 22.5 Å². The number of hydrogen-bond donors (Lipinski definition) is 1. The van der Waals surface area contributed by atoms with Gasteiger partial charge >= 0.3 is 5.97 Å². The third kappa shape index (κ3) is 2.33. The quantitative estimate of drug-likeness (QED) is 0.633. The molecule has 1 aromatic rings. The van der Waals surface area contributed by atoms with Gasteiger partial charge in [-0.3, -0.25) is 0 Å². The molecule has 0 amide bonds. The van der Waals surface area contributed by atoms with Gasteiger partial charge in [0.15, 0.2) is 10.9 Å². The van der Waals surface area contributed by atoms with Gasteiger partial charge < -0.3 is 9.84 Å². The highest BCUT2D eigenvalue weighted by Crippen LogP contribution is 2.30. The summed E-state index contributed by atoms with van der Waals surface area (Å²) >= 11 is 5.36. The fourth-order valence-electron chi connectivity index (χ4n) is 0.903. The average molecular weight is 238 g/mol. The Bertz CT molecular complexity index is 398. The average Bonchev–Trinajstić information content (AvgIpc) is 2.20. The highest BCUT2D eigenvalue weighted by atomic mass is 35.5. The lowest BCUT2D eigenvalue weighted by molar-refractivity contribution is 0.0596. The van der Waals surface area contributed by atoms with Crippen molar-refractivity contribution in [3.8, 4) is 5.75 Å². The number of carbonyl (C=O) groups excluding carboxylic acids is 1. The molecule has 4 nitrogen and oxygen atoms in total. The van der Waals surface area contributed by atoms with E-state index in [0.717, 1.165) is 13.2 Å². The molecular formula is C8H6ClF2NO3. The third-order valence-electron chi connectivity index (χ3n) is 1.60. The van der Waals surface area contributed by atoms with Crippen LogP contribution in [0.25, 0.3) is 0 Å². The molecule has 7 heteroatoms. The lowest BCUT2D eigenvalue weighted by Gasteiger charge is -2.06. The molecule has 0 aliphatic rings. The van der Waals surface area contributed by atoms with E-state index in [2.05, 4.69) is 9.72 Å². The van der Waals surface area contributed by atoms with Gasteiger partial charge in [-0.2, -0.15) is 0 Å². The topological polar surface area (TPSA) is 59.4 Å². The van der Waals surface area contributed by atoms with Crippen LogP contribution in [0.15, 0.2) is 6.07 Å². The summed E-state index contributed by atoms with van der Waals surface area (Å²) in [5.41, 5.74) is -1.13. The van der Waals surface area contributed by atoms with E-state index in [1.54, 1.807) is 0 Å². The molecule has 1 aromatic heterocycles. The molecule has 1 heterocycles. The molecule has 0 atom stereocenters. The van der Waals surface area contributed by atoms with Gasteiger partial charge in [0, 0.05) is 0 Å². The van der Waals surface area contributed by atoms with Crippen LogP contribution in [0.1, 0.15) is 22.5 Å². The smallest absolute Gasteiger partial charge is 0.341 e. The number of hydrogen-bond acceptors (Lipinski definition) is 4. The normalized spacial score (nSPS) is 10.5. The van der Waals surface area contributed by atoms with Gasteiger partial charge in [0.05, 0.1) is 7.11 Å². The van der Waals surface area contributed by atoms with E-state index in [1.807, 2.05) is 0 Å². The highest BCUT2D eigenvalue weighted by Gasteiger charge is 2.20. The number of ether oxygens (including phenoxy) is 1. The molecule has 1 N–H and O–H groups in total. The largest absolute Gasteiger partial charge is 0.504 e. The monoisotopic (exact) mass is 237 g/mol. The summed E-state index contributed by atoms with van der Waals surface area (Å²) < 4.78 is 28.8. The summed E-state index contributed by atoms with van der Waals surface area (Å²) in [7, 11) is 1.05. The lowest BCUT2D eigenvalue weighted by atomic mass is 10.2. The predicted molar refractivity (Wildman–Crippen MR) is 47.2 cm³/mol. The summed E-state index contributed by atoms with van der Waals surface area (Å²) in [6.07, 6.45) is -2.88. The molecule has 0 saturated heterocycles. The molecule has 0 aliphatic carbocycles. The van der Waals surface area contributed by atoms with Gasteiger partial charge in [-0.1, -0.05) is 11.6 Å². The molecule has 82 valence electrons. The number of nitrogens with zero attached hydrogens (tertiary/aromatic N) is 1. The maximum Gasteiger partial charge on any atom is 0.341 e. The third-order valence-corrected chi connectivity index (χ3v) is 1.86. The van der Waals surface area contributed by atoms with Crippen molar-refractivity contribution in [2.45, 2.75) is 6.43 Å². The summed E-state index contributed by atoms with van der Waals surface area (Å²) in [5, 5.41) is 8.70. The van der Waals surface area contributed by atoms with Gasteiger partial charge in [-0.05, 0) is 6.07 Å². The fraction of sp³-hybridized carbons (Fsp3) is 0.250. The van der Waals surface area contributed by atoms with Crippen LogP contribution in [0.2, 0.25) is 5.15 Å². The number of aromatic hydroxyl groups is 1. The van der Waals surface area contributed by atoms with Crippen LogP contribution < -0.4 is 0 Å². The molecule has 0 saturated carbocycles. The van der Waals surface area contributed by atoms with E-state index in [0.29, 0.717) is 0 Å². The number of rotatable bonds is 2. The van der Waals surface area contributed by atoms with E-state index < -0.39 is 34.6 Å². The van der Waals surface area contributed by atoms with E-state index in [-0.39, 0.29) is 0 Å². The van der Waals surface area contributed by atoms with Crippen molar-refractivity contribution in [2.24, 2.45) is 0 Å². The Morgan fingerprint density at radius 2 is 2.27 bits per heavy atom. The van der Waals surface area contributed by atoms with E-state index in [9.17, 15) is 18.7 Å². The Balaban J connectivity index is 3.31. The van der Waals surface area contributed by atoms with Crippen LogP contribution in [0.5, 0.6) is 5.75 Å². The van der Waals surface area contributed by atoms with Gasteiger partial charge in [0.1, 0.15) is 11.3 Å². The van der Waals surface area contributed by atoms with Gasteiger partial charge in [0.25, 0.3) is 6.43 Å². The number of esters is 1. The van der Waals surface area contributed by atoms with E-state index >= 15 is 0 Å². The van der Waals surface area contributed by atoms with Gasteiger partial charge in [-0.15, -0.1) is 0 Å². The zero-order valence-electron chi connectivity index (χ0n) is 7.50. The maximum absolute atomic E-state index is 12.3. The van der Waals surface area contributed by atoms with E-state index in [4.69, 9.17) is 11.6 Å². The number of carbonyl (C=O) groups is 1. The molecule has 0 bridgehead atoms. The Morgan fingerprint density at radius 3 is 2.73 bits per heavy atom. The molecule has 1 rings (SSSR count). The van der Waals surface area contributed by atoms with Crippen molar-refractivity contribution in [1.82, 2.24) is 4.98 Å². The zero-order chi connectivity index (χ0) is 11.6. The zero-order valence-corrected chi connectivity index (χ0v) is 8.26. The standard InChI is InChI=1S/C8H6ClF2NO3/c1-15-8(14)3-2-4(7(10)11)12-6(9)5(3)13/h2,7,13H,1H3. The first-order valence-electron chi connectivity index (χ1n) is 3.73. The second-order valence-corrected chi connectivity index (χ2v) is 2.88. The molecule has 0 unspecified atom stereocenters. The second-order valence-electron chi connectivity index (χ2n) is 2.53. The summed E-state index contributed by atoms with van der Waals surface area (Å²) in [4.78, 5) is 14.3. The van der Waals surface area contributed by atoms with Crippen molar-refractivity contribution in [2.75, 3.05) is 7.11 Å². The highest BCUT2D eigenvalue weighted by molar-refractivity contribution is 6.31.